The molecule has 2 aromatic rings. The van der Waals surface area contributed by atoms with Gasteiger partial charge in [0, 0.05) is 38.8 Å². The number of aryl methyl sites for hydroxylation is 1. The third-order valence-electron chi connectivity index (χ3n) is 5.34. The quantitative estimate of drug-likeness (QED) is 0.721. The molecule has 32 heavy (non-hydrogen) atoms. The lowest BCUT2D eigenvalue weighted by Gasteiger charge is -2.28. The van der Waals surface area contributed by atoms with Crippen molar-refractivity contribution in [2.24, 2.45) is 13.0 Å². The van der Waals surface area contributed by atoms with Gasteiger partial charge in [-0.05, 0) is 49.3 Å². The predicted octanol–water partition coefficient (Wildman–Crippen LogP) is 2.70. The van der Waals surface area contributed by atoms with Crippen LogP contribution >= 0.6 is 0 Å². The zero-order chi connectivity index (χ0) is 23.3. The van der Waals surface area contributed by atoms with E-state index in [0.717, 1.165) is 37.5 Å². The fourth-order valence-corrected chi connectivity index (χ4v) is 3.53. The number of likely N-dealkylation sites (tertiary alicyclic amines) is 1. The van der Waals surface area contributed by atoms with E-state index in [-0.39, 0.29) is 18.1 Å². The van der Waals surface area contributed by atoms with Gasteiger partial charge in [-0.25, -0.2) is 4.79 Å². The molecule has 1 saturated carbocycles. The van der Waals surface area contributed by atoms with Gasteiger partial charge in [0.1, 0.15) is 0 Å². The molecular formula is C21H25F3N4O4. The highest BCUT2D eigenvalue weighted by Crippen LogP contribution is 2.32. The first-order valence-electron chi connectivity index (χ1n) is 10.3. The molecule has 0 spiro atoms. The average Bonchev–Trinajstić information content (AvgIpc) is 3.37. The molecule has 0 unspecified atom stereocenters. The molecule has 1 aliphatic carbocycles. The zero-order valence-corrected chi connectivity index (χ0v) is 17.5. The highest BCUT2D eigenvalue weighted by atomic mass is 19.4. The van der Waals surface area contributed by atoms with Crippen LogP contribution in [0.3, 0.4) is 0 Å². The van der Waals surface area contributed by atoms with Crippen LogP contribution in [-0.2, 0) is 23.0 Å². The summed E-state index contributed by atoms with van der Waals surface area (Å²) in [5.41, 5.74) is 1.78. The Balaban J connectivity index is 0.000000360. The van der Waals surface area contributed by atoms with Crippen LogP contribution in [-0.4, -0.2) is 68.1 Å². The number of ether oxygens (including phenoxy) is 1. The summed E-state index contributed by atoms with van der Waals surface area (Å²) in [6.45, 7) is 1.55. The molecule has 2 aromatic heterocycles. The minimum atomic E-state index is -5.08. The van der Waals surface area contributed by atoms with Crippen molar-refractivity contribution in [3.63, 3.8) is 0 Å². The van der Waals surface area contributed by atoms with Gasteiger partial charge in [-0.3, -0.25) is 14.5 Å². The Morgan fingerprint density at radius 2 is 1.97 bits per heavy atom. The van der Waals surface area contributed by atoms with Crippen molar-refractivity contribution < 1.29 is 32.6 Å². The third kappa shape index (κ3) is 6.52. The van der Waals surface area contributed by atoms with Crippen LogP contribution < -0.4 is 0 Å². The number of pyridine rings is 1. The summed E-state index contributed by atoms with van der Waals surface area (Å²) >= 11 is 0. The molecule has 1 saturated heterocycles. The summed E-state index contributed by atoms with van der Waals surface area (Å²) in [6.07, 6.45) is 6.46. The molecule has 8 nitrogen and oxygen atoms in total. The number of amides is 1. The number of hydrogen-bond acceptors (Lipinski definition) is 5. The third-order valence-corrected chi connectivity index (χ3v) is 5.34. The first-order chi connectivity index (χ1) is 15.1. The van der Waals surface area contributed by atoms with Gasteiger partial charge in [0.2, 0.25) is 0 Å². The van der Waals surface area contributed by atoms with Gasteiger partial charge in [0.25, 0.3) is 5.91 Å². The second kappa shape index (κ2) is 10.1. The highest BCUT2D eigenvalue weighted by Gasteiger charge is 2.39. The van der Waals surface area contributed by atoms with Crippen molar-refractivity contribution in [2.45, 2.75) is 44.0 Å². The Kier molecular flexibility index (Phi) is 7.49. The molecule has 174 valence electrons. The molecule has 1 amide bonds. The Morgan fingerprint density at radius 3 is 2.50 bits per heavy atom. The number of halogens is 3. The monoisotopic (exact) mass is 454 g/mol. The molecule has 11 heteroatoms. The molecular weight excluding hydrogens is 429 g/mol. The highest BCUT2D eigenvalue weighted by molar-refractivity contribution is 5.94. The van der Waals surface area contributed by atoms with E-state index in [1.807, 2.05) is 30.4 Å². The smallest absolute Gasteiger partial charge is 0.475 e. The van der Waals surface area contributed by atoms with E-state index in [1.165, 1.54) is 12.8 Å². The number of aromatic nitrogens is 3. The van der Waals surface area contributed by atoms with Gasteiger partial charge in [-0.1, -0.05) is 0 Å². The second-order valence-corrected chi connectivity index (χ2v) is 7.94. The van der Waals surface area contributed by atoms with Crippen LogP contribution in [0.15, 0.2) is 36.9 Å². The average molecular weight is 454 g/mol. The van der Waals surface area contributed by atoms with Gasteiger partial charge >= 0.3 is 12.1 Å². The number of carbonyl (C=O) groups excluding carboxylic acids is 1. The SMILES string of the molecule is Cn1cc(C[C@H]2[C@@H](OCC3CC3)CCN2C(=O)c2cccnc2)cn1.O=C(O)C(F)(F)F. The second-order valence-electron chi connectivity index (χ2n) is 7.94. The number of aliphatic carboxylic acids is 1. The van der Waals surface area contributed by atoms with E-state index in [4.69, 9.17) is 14.6 Å². The van der Waals surface area contributed by atoms with Crippen molar-refractivity contribution in [3.8, 4) is 0 Å². The topological polar surface area (TPSA) is 97.5 Å². The van der Waals surface area contributed by atoms with Crippen LogP contribution in [0.1, 0.15) is 35.2 Å². The molecule has 3 heterocycles. The zero-order valence-electron chi connectivity index (χ0n) is 17.5. The van der Waals surface area contributed by atoms with Crippen molar-refractivity contribution >= 4 is 11.9 Å². The molecule has 2 atom stereocenters. The maximum Gasteiger partial charge on any atom is 0.490 e. The van der Waals surface area contributed by atoms with E-state index < -0.39 is 12.1 Å². The van der Waals surface area contributed by atoms with Crippen molar-refractivity contribution in [1.82, 2.24) is 19.7 Å². The maximum absolute atomic E-state index is 13.0. The van der Waals surface area contributed by atoms with Crippen LogP contribution in [0, 0.1) is 5.92 Å². The number of hydrogen-bond donors (Lipinski definition) is 1. The molecule has 2 fully saturated rings. The minimum absolute atomic E-state index is 0.0412. The molecule has 1 aliphatic heterocycles. The minimum Gasteiger partial charge on any atom is -0.475 e. The van der Waals surface area contributed by atoms with Crippen molar-refractivity contribution in [3.05, 3.63) is 48.0 Å². The largest absolute Gasteiger partial charge is 0.490 e. The predicted molar refractivity (Wildman–Crippen MR) is 107 cm³/mol. The fraction of sp³-hybridized carbons (Fsp3) is 0.524. The van der Waals surface area contributed by atoms with Crippen LogP contribution in [0.2, 0.25) is 0 Å². The number of carboxylic acids is 1. The fourth-order valence-electron chi connectivity index (χ4n) is 3.53. The summed E-state index contributed by atoms with van der Waals surface area (Å²) in [6, 6.07) is 3.69. The molecule has 0 radical (unpaired) electrons. The molecule has 2 aliphatic rings. The Bertz CT molecular complexity index is 915. The number of alkyl halides is 3. The van der Waals surface area contributed by atoms with E-state index >= 15 is 0 Å². The lowest BCUT2D eigenvalue weighted by Crippen LogP contribution is -2.42. The number of carboxylic acid groups (broad SMARTS) is 1. The van der Waals surface area contributed by atoms with Crippen molar-refractivity contribution in [2.75, 3.05) is 13.2 Å². The van der Waals surface area contributed by atoms with Crippen LogP contribution in [0.25, 0.3) is 0 Å². The normalized spacial score (nSPS) is 20.6. The van der Waals surface area contributed by atoms with Gasteiger partial charge in [-0.15, -0.1) is 0 Å². The molecule has 0 bridgehead atoms. The summed E-state index contributed by atoms with van der Waals surface area (Å²) in [5, 5.41) is 11.4. The number of nitrogens with zero attached hydrogens (tertiary/aromatic N) is 4. The van der Waals surface area contributed by atoms with E-state index in [2.05, 4.69) is 10.1 Å². The number of carbonyl (C=O) groups is 2. The van der Waals surface area contributed by atoms with Crippen LogP contribution in [0.4, 0.5) is 13.2 Å². The standard InChI is InChI=1S/C19H24N4O2.C2HF3O2/c1-22-12-15(10-21-22)9-17-18(25-13-14-4-5-14)6-8-23(17)19(24)16-3-2-7-20-11-16;3-2(4,5)1(6)7/h2-3,7,10-12,14,17-18H,4-6,8-9,13H2,1H3;(H,6,7)/t17-,18-;/m0./s1. The summed E-state index contributed by atoms with van der Waals surface area (Å²) < 4.78 is 39.7. The Hall–Kier alpha value is -2.95. The first-order valence-corrected chi connectivity index (χ1v) is 10.3. The first kappa shape index (κ1) is 23.7. The maximum atomic E-state index is 13.0. The molecule has 0 aromatic carbocycles. The summed E-state index contributed by atoms with van der Waals surface area (Å²) in [7, 11) is 1.91. The van der Waals surface area contributed by atoms with E-state index in [1.54, 1.807) is 23.1 Å². The lowest BCUT2D eigenvalue weighted by atomic mass is 10.0. The van der Waals surface area contributed by atoms with E-state index in [0.29, 0.717) is 5.56 Å². The van der Waals surface area contributed by atoms with Gasteiger partial charge in [0.05, 0.1) is 23.9 Å². The van der Waals surface area contributed by atoms with E-state index in [9.17, 15) is 18.0 Å². The van der Waals surface area contributed by atoms with Crippen LogP contribution in [0.5, 0.6) is 0 Å². The summed E-state index contributed by atoms with van der Waals surface area (Å²) in [4.78, 5) is 27.9. The Labute approximate surface area is 183 Å². The Morgan fingerprint density at radius 1 is 1.25 bits per heavy atom. The summed E-state index contributed by atoms with van der Waals surface area (Å²) in [5.74, 6) is -1.99. The lowest BCUT2D eigenvalue weighted by molar-refractivity contribution is -0.192. The molecule has 4 rings (SSSR count). The van der Waals surface area contributed by atoms with Crippen molar-refractivity contribution in [1.29, 1.82) is 0 Å². The van der Waals surface area contributed by atoms with Gasteiger partial charge < -0.3 is 14.7 Å². The van der Waals surface area contributed by atoms with Gasteiger partial charge in [-0.2, -0.15) is 18.3 Å². The number of rotatable bonds is 6. The molecule has 1 N–H and O–H groups in total. The van der Waals surface area contributed by atoms with Gasteiger partial charge in [0.15, 0.2) is 0 Å².